The van der Waals surface area contributed by atoms with E-state index in [0.717, 1.165) is 0 Å². The smallest absolute Gasteiger partial charge is 0.326 e. The van der Waals surface area contributed by atoms with Crippen molar-refractivity contribution in [1.29, 1.82) is 0 Å². The normalized spacial score (nSPS) is 15.3. The SMILES string of the molecule is CCC(C)C(NC(=O)C(Cc1ccccc1)NC(=O)C(CO)NC(=O)C(CC(C)C)NC(=O)C(NC(=O)C(N)CCCN=C(N)N)C(C)C)C(=O)NC(CCCCN)C(=O)NCC(=O)NC(C(=O)NC(CCCCN)C(=O)O)C(C)O. The number of carboxylic acids is 1. The topological polar surface area (TPSA) is 482 Å². The van der Waals surface area contributed by atoms with Gasteiger partial charge in [0, 0.05) is 13.0 Å². The van der Waals surface area contributed by atoms with Gasteiger partial charge in [-0.25, -0.2) is 4.79 Å². The van der Waals surface area contributed by atoms with Crippen molar-refractivity contribution in [3.8, 4) is 0 Å². The van der Waals surface area contributed by atoms with Crippen molar-refractivity contribution in [3.05, 3.63) is 35.9 Å². The lowest BCUT2D eigenvalue weighted by Gasteiger charge is -2.29. The van der Waals surface area contributed by atoms with Crippen LogP contribution in [-0.2, 0) is 54.4 Å². The molecule has 0 fully saturated rings. The number of carboxylic acid groups (broad SMARTS) is 1. The minimum atomic E-state index is -1.66. The number of carbonyl (C=O) groups excluding carboxylic acids is 9. The first-order valence-electron chi connectivity index (χ1n) is 27.7. The zero-order valence-electron chi connectivity index (χ0n) is 48.0. The van der Waals surface area contributed by atoms with E-state index in [1.54, 1.807) is 71.9 Å². The molecule has 0 radical (unpaired) electrons. The van der Waals surface area contributed by atoms with Gasteiger partial charge in [-0.15, -0.1) is 0 Å². The van der Waals surface area contributed by atoms with Crippen molar-refractivity contribution in [3.63, 3.8) is 0 Å². The Hall–Kier alpha value is -7.01. The fraction of sp³-hybridized carbons (Fsp3) is 0.679. The number of amides is 9. The number of benzene rings is 1. The Morgan fingerprint density at radius 3 is 1.60 bits per heavy atom. The lowest BCUT2D eigenvalue weighted by Crippen LogP contribution is -2.62. The maximum Gasteiger partial charge on any atom is 0.326 e. The minimum absolute atomic E-state index is 0.0346. The van der Waals surface area contributed by atoms with Gasteiger partial charge in [-0.1, -0.05) is 78.3 Å². The molecule has 0 saturated carbocycles. The van der Waals surface area contributed by atoms with Crippen LogP contribution in [0.2, 0.25) is 0 Å². The quantitative estimate of drug-likeness (QED) is 0.0169. The average Bonchev–Trinajstić information content (AvgIpc) is 3.41. The van der Waals surface area contributed by atoms with Crippen LogP contribution in [0.3, 0.4) is 0 Å². The molecule has 11 unspecified atom stereocenters. The Bertz CT molecular complexity index is 2200. The number of nitrogens with two attached hydrogens (primary N) is 5. The van der Waals surface area contributed by atoms with E-state index in [1.165, 1.54) is 6.92 Å². The number of carbonyl (C=O) groups is 10. The largest absolute Gasteiger partial charge is 0.480 e. The molecule has 0 aliphatic rings. The lowest BCUT2D eigenvalue weighted by molar-refractivity contribution is -0.143. The number of aliphatic hydroxyl groups excluding tert-OH is 2. The van der Waals surface area contributed by atoms with Crippen molar-refractivity contribution in [2.75, 3.05) is 32.8 Å². The number of hydrogen-bond acceptors (Lipinski definition) is 16. The van der Waals surface area contributed by atoms with E-state index in [1.807, 2.05) is 0 Å². The fourth-order valence-corrected chi connectivity index (χ4v) is 8.12. The predicted molar refractivity (Wildman–Crippen MR) is 302 cm³/mol. The molecule has 0 aromatic heterocycles. The van der Waals surface area contributed by atoms with Crippen LogP contribution in [0.15, 0.2) is 35.3 Å². The molecule has 1 aromatic rings. The van der Waals surface area contributed by atoms with Crippen LogP contribution in [0.25, 0.3) is 0 Å². The minimum Gasteiger partial charge on any atom is -0.480 e. The van der Waals surface area contributed by atoms with Gasteiger partial charge in [0.15, 0.2) is 5.96 Å². The molecule has 28 nitrogen and oxygen atoms in total. The second kappa shape index (κ2) is 38.6. The third-order valence-corrected chi connectivity index (χ3v) is 13.1. The second-order valence-electron chi connectivity index (χ2n) is 20.9. The first-order chi connectivity index (χ1) is 38.2. The number of hydrogen-bond donors (Lipinski definition) is 17. The molecule has 0 saturated heterocycles. The monoisotopic (exact) mass is 1150 g/mol. The summed E-state index contributed by atoms with van der Waals surface area (Å²) in [6, 6.07) is -3.49. The third-order valence-electron chi connectivity index (χ3n) is 13.1. The molecule has 0 aliphatic heterocycles. The van der Waals surface area contributed by atoms with Gasteiger partial charge in [-0.05, 0) is 101 Å². The number of aliphatic hydroxyl groups is 2. The molecule has 0 heterocycles. The van der Waals surface area contributed by atoms with Crippen LogP contribution in [0.1, 0.15) is 118 Å². The van der Waals surface area contributed by atoms with E-state index in [2.05, 4.69) is 52.8 Å². The third kappa shape index (κ3) is 27.8. The highest BCUT2D eigenvalue weighted by Crippen LogP contribution is 2.14. The van der Waals surface area contributed by atoms with E-state index < -0.39 is 145 Å². The zero-order valence-corrected chi connectivity index (χ0v) is 48.0. The lowest BCUT2D eigenvalue weighted by atomic mass is 9.96. The number of aliphatic carboxylic acids is 1. The number of nitrogens with zero attached hydrogens (tertiary/aromatic N) is 1. The number of guanidine groups is 1. The summed E-state index contributed by atoms with van der Waals surface area (Å²) in [5, 5.41) is 53.2. The molecule has 22 N–H and O–H groups in total. The maximum atomic E-state index is 14.4. The van der Waals surface area contributed by atoms with Crippen LogP contribution >= 0.6 is 0 Å². The number of unbranched alkanes of at least 4 members (excludes halogenated alkanes) is 2. The van der Waals surface area contributed by atoms with Crippen LogP contribution < -0.4 is 76.5 Å². The molecule has 28 heteroatoms. The maximum absolute atomic E-state index is 14.4. The first kappa shape index (κ1) is 72.0. The van der Waals surface area contributed by atoms with Crippen molar-refractivity contribution >= 4 is 65.1 Å². The molecule has 81 heavy (non-hydrogen) atoms. The Balaban J connectivity index is 3.37. The van der Waals surface area contributed by atoms with Crippen LogP contribution in [0.4, 0.5) is 0 Å². The van der Waals surface area contributed by atoms with E-state index >= 15 is 0 Å². The molecular weight excluding hydrogens is 1050 g/mol. The highest BCUT2D eigenvalue weighted by Gasteiger charge is 2.36. The Morgan fingerprint density at radius 1 is 0.568 bits per heavy atom. The van der Waals surface area contributed by atoms with E-state index in [9.17, 15) is 63.3 Å². The zero-order chi connectivity index (χ0) is 61.4. The second-order valence-corrected chi connectivity index (χ2v) is 20.9. The van der Waals surface area contributed by atoms with Crippen molar-refractivity contribution in [2.24, 2.45) is 51.4 Å². The van der Waals surface area contributed by atoms with Gasteiger partial charge in [-0.3, -0.25) is 48.1 Å². The van der Waals surface area contributed by atoms with Gasteiger partial charge >= 0.3 is 5.97 Å². The summed E-state index contributed by atoms with van der Waals surface area (Å²) < 4.78 is 0. The Labute approximate surface area is 474 Å². The molecule has 9 amide bonds. The number of aliphatic imine (C=N–C) groups is 1. The molecule has 0 bridgehead atoms. The highest BCUT2D eigenvalue weighted by molar-refractivity contribution is 5.98. The molecule has 458 valence electrons. The molecule has 0 spiro atoms. The van der Waals surface area contributed by atoms with E-state index in [0.29, 0.717) is 50.6 Å². The number of rotatable bonds is 40. The summed E-state index contributed by atoms with van der Waals surface area (Å²) in [6.45, 7) is 10.7. The summed E-state index contributed by atoms with van der Waals surface area (Å²) in [7, 11) is 0. The van der Waals surface area contributed by atoms with Crippen LogP contribution in [-0.4, -0.2) is 174 Å². The predicted octanol–water partition coefficient (Wildman–Crippen LogP) is -3.93. The average molecular weight is 1150 g/mol. The molecule has 0 aliphatic carbocycles. The molecule has 1 rings (SSSR count). The van der Waals surface area contributed by atoms with Crippen molar-refractivity contribution in [1.82, 2.24) is 47.9 Å². The summed E-state index contributed by atoms with van der Waals surface area (Å²) in [5.41, 5.74) is 28.6. The highest BCUT2D eigenvalue weighted by atomic mass is 16.4. The summed E-state index contributed by atoms with van der Waals surface area (Å²) in [4.78, 5) is 139. The summed E-state index contributed by atoms with van der Waals surface area (Å²) >= 11 is 0. The molecular formula is C53H93N15O13. The van der Waals surface area contributed by atoms with Gasteiger partial charge in [0.2, 0.25) is 53.2 Å². The van der Waals surface area contributed by atoms with Crippen molar-refractivity contribution in [2.45, 2.75) is 180 Å². The van der Waals surface area contributed by atoms with Crippen LogP contribution in [0, 0.1) is 17.8 Å². The Morgan fingerprint density at radius 2 is 1.07 bits per heavy atom. The van der Waals surface area contributed by atoms with Crippen molar-refractivity contribution < 1.29 is 63.3 Å². The molecule has 11 atom stereocenters. The van der Waals surface area contributed by atoms with Gasteiger partial charge in [0.05, 0.1) is 25.3 Å². The van der Waals surface area contributed by atoms with E-state index in [-0.39, 0.29) is 57.1 Å². The van der Waals surface area contributed by atoms with Gasteiger partial charge in [-0.2, -0.15) is 0 Å². The first-order valence-corrected chi connectivity index (χ1v) is 27.7. The Kier molecular flexibility index (Phi) is 34.3. The van der Waals surface area contributed by atoms with E-state index in [4.69, 9.17) is 28.7 Å². The summed E-state index contributed by atoms with van der Waals surface area (Å²) in [6.07, 6.45) is 1.16. The van der Waals surface area contributed by atoms with Gasteiger partial charge in [0.25, 0.3) is 0 Å². The fourth-order valence-electron chi connectivity index (χ4n) is 8.12. The number of nitrogens with one attached hydrogen (secondary N) is 9. The summed E-state index contributed by atoms with van der Waals surface area (Å²) in [5.74, 6) is -10.2. The standard InChI is InChI=1S/C53H93N15O13/c1-8-31(6)42(50(78)61-35(20-12-14-22-54)45(73)60-27-40(71)66-43(32(7)70)51(79)62-36(52(80)81)21-13-15-23-55)68-47(75)38(26-33-17-10-9-11-18-33)63-48(76)39(28-69)65-46(74)37(25-29(2)3)64-49(77)41(30(4)5)67-44(72)34(56)19-16-24-59-53(57)58/h9-11,17-18,29-32,34-39,41-43,69-70H,8,12-16,19-28,54-56H2,1-7H3,(H,60,73)(H,61,78)(H,62,79)(H,63,76)(H,64,77)(H,65,74)(H,66,71)(H,67,72)(H,68,75)(H,80,81)(H4,57,58,59). The van der Waals surface area contributed by atoms with Gasteiger partial charge in [0.1, 0.15) is 48.3 Å². The van der Waals surface area contributed by atoms with Crippen LogP contribution in [0.5, 0.6) is 0 Å². The molecule has 1 aromatic carbocycles. The van der Waals surface area contributed by atoms with Gasteiger partial charge < -0.3 is 91.8 Å².